The van der Waals surface area contributed by atoms with Gasteiger partial charge in [-0.15, -0.1) is 0 Å². The molecule has 0 unspecified atom stereocenters. The second kappa shape index (κ2) is 6.51. The molecule has 120 valence electrons. The van der Waals surface area contributed by atoms with Crippen LogP contribution in [0.2, 0.25) is 0 Å². The lowest BCUT2D eigenvalue weighted by Gasteiger charge is -2.35. The molecular formula is C18H26N2O2. The second-order valence-electron chi connectivity index (χ2n) is 6.87. The molecule has 0 aliphatic carbocycles. The van der Waals surface area contributed by atoms with E-state index in [1.54, 1.807) is 13.8 Å². The molecule has 1 aliphatic heterocycles. The van der Waals surface area contributed by atoms with E-state index in [2.05, 4.69) is 12.2 Å². The zero-order valence-corrected chi connectivity index (χ0v) is 14.0. The Labute approximate surface area is 132 Å². The van der Waals surface area contributed by atoms with Crippen LogP contribution >= 0.6 is 0 Å². The molecule has 2 rings (SSSR count). The third kappa shape index (κ3) is 3.49. The average molecular weight is 302 g/mol. The minimum atomic E-state index is -1.05. The Kier molecular flexibility index (Phi) is 4.89. The lowest BCUT2D eigenvalue weighted by molar-refractivity contribution is -0.147. The Morgan fingerprint density at radius 3 is 2.36 bits per heavy atom. The van der Waals surface area contributed by atoms with Crippen LogP contribution < -0.4 is 5.32 Å². The number of anilines is 1. The van der Waals surface area contributed by atoms with Gasteiger partial charge in [0.15, 0.2) is 0 Å². The maximum Gasteiger partial charge on any atom is 0.239 e. The van der Waals surface area contributed by atoms with E-state index in [1.807, 2.05) is 36.1 Å². The lowest BCUT2D eigenvalue weighted by atomic mass is 9.88. The Morgan fingerprint density at radius 2 is 1.77 bits per heavy atom. The summed E-state index contributed by atoms with van der Waals surface area (Å²) in [6.07, 6.45) is 2.03. The molecular weight excluding hydrogens is 276 g/mol. The molecule has 1 aromatic rings. The highest BCUT2D eigenvalue weighted by molar-refractivity contribution is 6.10. The van der Waals surface area contributed by atoms with Gasteiger partial charge in [0.2, 0.25) is 11.8 Å². The quantitative estimate of drug-likeness (QED) is 0.872. The Balaban J connectivity index is 2.07. The fourth-order valence-electron chi connectivity index (χ4n) is 2.70. The summed E-state index contributed by atoms with van der Waals surface area (Å²) in [7, 11) is 0. The smallest absolute Gasteiger partial charge is 0.239 e. The van der Waals surface area contributed by atoms with Crippen LogP contribution in [0.4, 0.5) is 5.69 Å². The van der Waals surface area contributed by atoms with Crippen LogP contribution in [0.15, 0.2) is 24.3 Å². The predicted octanol–water partition coefficient (Wildman–Crippen LogP) is 3.22. The highest BCUT2D eigenvalue weighted by Gasteiger charge is 2.40. The molecule has 0 saturated carbocycles. The number of benzene rings is 1. The zero-order chi connectivity index (χ0) is 16.3. The maximum atomic E-state index is 12.7. The van der Waals surface area contributed by atoms with Crippen molar-refractivity contribution in [1.29, 1.82) is 0 Å². The molecule has 1 saturated heterocycles. The van der Waals surface area contributed by atoms with Gasteiger partial charge in [0.1, 0.15) is 5.41 Å². The van der Waals surface area contributed by atoms with Crippen LogP contribution in [0.1, 0.15) is 39.2 Å². The summed E-state index contributed by atoms with van der Waals surface area (Å²) in [5.74, 6) is 0.337. The average Bonchev–Trinajstić information content (AvgIpc) is 2.49. The molecule has 1 heterocycles. The summed E-state index contributed by atoms with van der Waals surface area (Å²) in [6, 6.07) is 7.60. The van der Waals surface area contributed by atoms with Crippen molar-refractivity contribution in [3.05, 3.63) is 29.8 Å². The largest absolute Gasteiger partial charge is 0.342 e. The maximum absolute atomic E-state index is 12.7. The van der Waals surface area contributed by atoms with Crippen molar-refractivity contribution >= 4 is 17.5 Å². The molecule has 4 heteroatoms. The first-order chi connectivity index (χ1) is 10.3. The number of aryl methyl sites for hydroxylation is 1. The third-order valence-corrected chi connectivity index (χ3v) is 4.57. The van der Waals surface area contributed by atoms with Crippen LogP contribution in [0.25, 0.3) is 0 Å². The molecule has 22 heavy (non-hydrogen) atoms. The van der Waals surface area contributed by atoms with Crippen molar-refractivity contribution in [3.63, 3.8) is 0 Å². The summed E-state index contributed by atoms with van der Waals surface area (Å²) in [5, 5.41) is 2.89. The van der Waals surface area contributed by atoms with Crippen LogP contribution in [-0.2, 0) is 9.59 Å². The third-order valence-electron chi connectivity index (χ3n) is 4.57. The predicted molar refractivity (Wildman–Crippen MR) is 88.6 cm³/mol. The van der Waals surface area contributed by atoms with Gasteiger partial charge in [0, 0.05) is 18.8 Å². The van der Waals surface area contributed by atoms with Crippen molar-refractivity contribution in [2.45, 2.75) is 40.5 Å². The minimum Gasteiger partial charge on any atom is -0.342 e. The number of rotatable bonds is 3. The number of carbonyl (C=O) groups is 2. The van der Waals surface area contributed by atoms with Gasteiger partial charge >= 0.3 is 0 Å². The number of likely N-dealkylation sites (tertiary alicyclic amines) is 1. The Bertz CT molecular complexity index is 558. The monoisotopic (exact) mass is 302 g/mol. The summed E-state index contributed by atoms with van der Waals surface area (Å²) >= 11 is 0. The van der Waals surface area contributed by atoms with Gasteiger partial charge in [-0.2, -0.15) is 0 Å². The first-order valence-corrected chi connectivity index (χ1v) is 7.99. The number of para-hydroxylation sites is 1. The number of nitrogens with zero attached hydrogens (tertiary/aromatic N) is 1. The van der Waals surface area contributed by atoms with E-state index >= 15 is 0 Å². The van der Waals surface area contributed by atoms with Gasteiger partial charge in [-0.1, -0.05) is 25.1 Å². The lowest BCUT2D eigenvalue weighted by Crippen LogP contribution is -2.49. The summed E-state index contributed by atoms with van der Waals surface area (Å²) in [5.41, 5.74) is 0.703. The van der Waals surface area contributed by atoms with Gasteiger partial charge in [-0.3, -0.25) is 9.59 Å². The number of nitrogens with one attached hydrogen (secondary N) is 1. The van der Waals surface area contributed by atoms with Gasteiger partial charge in [0.05, 0.1) is 0 Å². The second-order valence-corrected chi connectivity index (χ2v) is 6.87. The topological polar surface area (TPSA) is 49.4 Å². The molecule has 1 aromatic carbocycles. The van der Waals surface area contributed by atoms with Crippen molar-refractivity contribution in [2.75, 3.05) is 18.4 Å². The van der Waals surface area contributed by atoms with Gasteiger partial charge in [0.25, 0.3) is 0 Å². The normalized spacial score (nSPS) is 16.5. The highest BCUT2D eigenvalue weighted by atomic mass is 16.2. The SMILES string of the molecule is Cc1ccccc1NC(=O)C(C)(C)C(=O)N1CCC(C)CC1. The van der Waals surface area contributed by atoms with E-state index < -0.39 is 5.41 Å². The summed E-state index contributed by atoms with van der Waals surface area (Å²) in [4.78, 5) is 27.1. The van der Waals surface area contributed by atoms with Gasteiger partial charge in [-0.05, 0) is 51.2 Å². The molecule has 0 atom stereocenters. The van der Waals surface area contributed by atoms with E-state index in [1.165, 1.54) is 0 Å². The standard InChI is InChI=1S/C18H26N2O2/c1-13-9-11-20(12-10-13)17(22)18(3,4)16(21)19-15-8-6-5-7-14(15)2/h5-8,13H,9-12H2,1-4H3,(H,19,21). The first-order valence-electron chi connectivity index (χ1n) is 7.99. The molecule has 1 fully saturated rings. The summed E-state index contributed by atoms with van der Waals surface area (Å²) < 4.78 is 0. The van der Waals surface area contributed by atoms with Crippen molar-refractivity contribution in [1.82, 2.24) is 4.90 Å². The van der Waals surface area contributed by atoms with E-state index in [4.69, 9.17) is 0 Å². The number of hydrogen-bond donors (Lipinski definition) is 1. The number of amides is 2. The molecule has 4 nitrogen and oxygen atoms in total. The highest BCUT2D eigenvalue weighted by Crippen LogP contribution is 2.26. The Morgan fingerprint density at radius 1 is 1.18 bits per heavy atom. The van der Waals surface area contributed by atoms with E-state index in [9.17, 15) is 9.59 Å². The van der Waals surface area contributed by atoms with Crippen molar-refractivity contribution < 1.29 is 9.59 Å². The van der Waals surface area contributed by atoms with Crippen LogP contribution in [0.3, 0.4) is 0 Å². The van der Waals surface area contributed by atoms with E-state index in [0.717, 1.165) is 37.2 Å². The Hall–Kier alpha value is -1.84. The van der Waals surface area contributed by atoms with Crippen molar-refractivity contribution in [2.24, 2.45) is 11.3 Å². The molecule has 0 aromatic heterocycles. The number of hydrogen-bond acceptors (Lipinski definition) is 2. The fourth-order valence-corrected chi connectivity index (χ4v) is 2.70. The van der Waals surface area contributed by atoms with Crippen molar-refractivity contribution in [3.8, 4) is 0 Å². The first kappa shape index (κ1) is 16.5. The molecule has 1 aliphatic rings. The van der Waals surface area contributed by atoms with E-state index in [0.29, 0.717) is 5.92 Å². The molecule has 1 N–H and O–H groups in total. The van der Waals surface area contributed by atoms with E-state index in [-0.39, 0.29) is 11.8 Å². The number of piperidine rings is 1. The van der Waals surface area contributed by atoms with Gasteiger partial charge < -0.3 is 10.2 Å². The minimum absolute atomic E-state index is 0.0783. The van der Waals surface area contributed by atoms with Crippen LogP contribution in [0.5, 0.6) is 0 Å². The number of carbonyl (C=O) groups excluding carboxylic acids is 2. The van der Waals surface area contributed by atoms with Crippen LogP contribution in [0, 0.1) is 18.3 Å². The molecule has 2 amide bonds. The fraction of sp³-hybridized carbons (Fsp3) is 0.556. The molecule has 0 radical (unpaired) electrons. The van der Waals surface area contributed by atoms with Crippen LogP contribution in [-0.4, -0.2) is 29.8 Å². The zero-order valence-electron chi connectivity index (χ0n) is 14.0. The molecule has 0 spiro atoms. The molecule has 0 bridgehead atoms. The summed E-state index contributed by atoms with van der Waals surface area (Å²) in [6.45, 7) is 9.07. The van der Waals surface area contributed by atoms with Gasteiger partial charge in [-0.25, -0.2) is 0 Å².